The zero-order valence-electron chi connectivity index (χ0n) is 18.0. The number of nitrogens with zero attached hydrogens (tertiary/aromatic N) is 1. The fraction of sp³-hybridized carbons (Fsp3) is 0.160. The fourth-order valence-corrected chi connectivity index (χ4v) is 3.27. The van der Waals surface area contributed by atoms with Crippen LogP contribution in [-0.4, -0.2) is 24.2 Å². The number of carbonyl (C=O) groups is 1. The number of nitriles is 1. The van der Waals surface area contributed by atoms with Gasteiger partial charge in [0, 0.05) is 18.3 Å². The third kappa shape index (κ3) is 6.76. The third-order valence-corrected chi connectivity index (χ3v) is 4.93. The molecule has 0 radical (unpaired) electrons. The monoisotopic (exact) mass is 462 g/mol. The van der Waals surface area contributed by atoms with Gasteiger partial charge in [0.15, 0.2) is 5.11 Å². The van der Waals surface area contributed by atoms with E-state index in [0.29, 0.717) is 41.0 Å². The van der Waals surface area contributed by atoms with Crippen molar-refractivity contribution in [3.05, 3.63) is 89.2 Å². The molecule has 6 nitrogen and oxygen atoms in total. The van der Waals surface area contributed by atoms with Crippen molar-refractivity contribution in [3.8, 4) is 11.8 Å². The van der Waals surface area contributed by atoms with Gasteiger partial charge in [0.25, 0.3) is 5.91 Å². The Balaban J connectivity index is 1.59. The summed E-state index contributed by atoms with van der Waals surface area (Å²) < 4.78 is 19.6. The maximum Gasteiger partial charge on any atom is 0.258 e. The molecule has 1 amide bonds. The Morgan fingerprint density at radius 3 is 2.55 bits per heavy atom. The van der Waals surface area contributed by atoms with E-state index in [0.717, 1.165) is 12.0 Å². The molecule has 0 aliphatic rings. The van der Waals surface area contributed by atoms with Crippen molar-refractivity contribution < 1.29 is 13.9 Å². The Morgan fingerprint density at radius 1 is 1.09 bits per heavy atom. The molecule has 0 atom stereocenters. The first-order valence-electron chi connectivity index (χ1n) is 10.4. The molecule has 0 aliphatic heterocycles. The topological polar surface area (TPSA) is 86.2 Å². The van der Waals surface area contributed by atoms with Crippen molar-refractivity contribution in [2.75, 3.05) is 23.8 Å². The zero-order valence-corrected chi connectivity index (χ0v) is 18.8. The number of rotatable bonds is 8. The molecule has 3 aromatic carbocycles. The maximum absolute atomic E-state index is 13.9. The van der Waals surface area contributed by atoms with Crippen molar-refractivity contribution in [1.82, 2.24) is 5.32 Å². The van der Waals surface area contributed by atoms with Crippen molar-refractivity contribution in [3.63, 3.8) is 0 Å². The first kappa shape index (κ1) is 23.7. The van der Waals surface area contributed by atoms with Gasteiger partial charge in [-0.2, -0.15) is 5.26 Å². The van der Waals surface area contributed by atoms with Gasteiger partial charge < -0.3 is 20.7 Å². The van der Waals surface area contributed by atoms with Crippen LogP contribution in [-0.2, 0) is 6.42 Å². The molecule has 3 rings (SSSR count). The van der Waals surface area contributed by atoms with Gasteiger partial charge >= 0.3 is 0 Å². The molecule has 33 heavy (non-hydrogen) atoms. The van der Waals surface area contributed by atoms with E-state index in [1.54, 1.807) is 36.4 Å². The summed E-state index contributed by atoms with van der Waals surface area (Å²) in [6.07, 6.45) is 0.749. The summed E-state index contributed by atoms with van der Waals surface area (Å²) in [5.41, 5.74) is 2.78. The van der Waals surface area contributed by atoms with Crippen molar-refractivity contribution in [1.29, 1.82) is 5.26 Å². The van der Waals surface area contributed by atoms with Gasteiger partial charge in [-0.3, -0.25) is 4.79 Å². The molecule has 168 valence electrons. The summed E-state index contributed by atoms with van der Waals surface area (Å²) in [4.78, 5) is 12.5. The van der Waals surface area contributed by atoms with Crippen LogP contribution in [0, 0.1) is 17.1 Å². The van der Waals surface area contributed by atoms with E-state index in [9.17, 15) is 9.18 Å². The van der Waals surface area contributed by atoms with Crippen molar-refractivity contribution >= 4 is 34.6 Å². The number of ether oxygens (including phenoxy) is 1. The molecule has 0 aliphatic carbocycles. The number of halogens is 1. The minimum absolute atomic E-state index is 0.0465. The van der Waals surface area contributed by atoms with Crippen LogP contribution in [0.2, 0.25) is 0 Å². The predicted octanol–water partition coefficient (Wildman–Crippen LogP) is 4.88. The highest BCUT2D eigenvalue weighted by Crippen LogP contribution is 2.29. The Kier molecular flexibility index (Phi) is 8.33. The lowest BCUT2D eigenvalue weighted by molar-refractivity contribution is 0.102. The van der Waals surface area contributed by atoms with E-state index in [1.807, 2.05) is 19.1 Å². The van der Waals surface area contributed by atoms with Gasteiger partial charge in [0.1, 0.15) is 11.6 Å². The number of anilines is 2. The van der Waals surface area contributed by atoms with Gasteiger partial charge in [-0.1, -0.05) is 24.3 Å². The number of benzene rings is 3. The third-order valence-electron chi connectivity index (χ3n) is 4.69. The standard InChI is InChI=1S/C25H23FN4O2S/c1-2-32-23-15-19(11-12-22(23)30-24(31)20-5-3-4-6-21(20)26)29-25(33)28-14-13-17-7-9-18(16-27)10-8-17/h3-12,15H,2,13-14H2,1H3,(H,30,31)(H2,28,29,33). The van der Waals surface area contributed by atoms with Gasteiger partial charge in [0.2, 0.25) is 0 Å². The molecule has 0 saturated heterocycles. The normalized spacial score (nSPS) is 10.1. The fourth-order valence-electron chi connectivity index (χ4n) is 3.05. The highest BCUT2D eigenvalue weighted by Gasteiger charge is 2.14. The highest BCUT2D eigenvalue weighted by atomic mass is 32.1. The van der Waals surface area contributed by atoms with Crippen LogP contribution in [0.15, 0.2) is 66.7 Å². The first-order chi connectivity index (χ1) is 16.0. The molecule has 3 aromatic rings. The van der Waals surface area contributed by atoms with Gasteiger partial charge in [-0.05, 0) is 67.5 Å². The van der Waals surface area contributed by atoms with Gasteiger partial charge in [-0.15, -0.1) is 0 Å². The minimum atomic E-state index is -0.594. The lowest BCUT2D eigenvalue weighted by Crippen LogP contribution is -2.30. The number of thiocarbonyl (C=S) groups is 1. The lowest BCUT2D eigenvalue weighted by atomic mass is 10.1. The number of hydrogen-bond acceptors (Lipinski definition) is 4. The summed E-state index contributed by atoms with van der Waals surface area (Å²) in [6, 6.07) is 20.4. The van der Waals surface area contributed by atoms with Gasteiger partial charge in [-0.25, -0.2) is 4.39 Å². The average Bonchev–Trinajstić information content (AvgIpc) is 2.81. The van der Waals surface area contributed by atoms with Gasteiger partial charge in [0.05, 0.1) is 29.5 Å². The second-order valence-electron chi connectivity index (χ2n) is 7.02. The van der Waals surface area contributed by atoms with Crippen molar-refractivity contribution in [2.45, 2.75) is 13.3 Å². The lowest BCUT2D eigenvalue weighted by Gasteiger charge is -2.15. The number of hydrogen-bond donors (Lipinski definition) is 3. The van der Waals surface area contributed by atoms with Crippen LogP contribution in [0.25, 0.3) is 0 Å². The van der Waals surface area contributed by atoms with E-state index in [1.165, 1.54) is 18.2 Å². The van der Waals surface area contributed by atoms with Crippen LogP contribution in [0.4, 0.5) is 15.8 Å². The molecule has 0 aromatic heterocycles. The molecule has 0 spiro atoms. The molecule has 8 heteroatoms. The summed E-state index contributed by atoms with van der Waals surface area (Å²) in [5.74, 6) is -0.717. The minimum Gasteiger partial charge on any atom is -0.492 e. The van der Waals surface area contributed by atoms with E-state index in [4.69, 9.17) is 22.2 Å². The molecule has 0 bridgehead atoms. The number of amides is 1. The SMILES string of the molecule is CCOc1cc(NC(=S)NCCc2ccc(C#N)cc2)ccc1NC(=O)c1ccccc1F. The second-order valence-corrected chi connectivity index (χ2v) is 7.43. The highest BCUT2D eigenvalue weighted by molar-refractivity contribution is 7.80. The van der Waals surface area contributed by atoms with Crippen molar-refractivity contribution in [2.24, 2.45) is 0 Å². The summed E-state index contributed by atoms with van der Waals surface area (Å²) >= 11 is 5.36. The number of nitrogens with one attached hydrogen (secondary N) is 3. The Bertz CT molecular complexity index is 1180. The van der Waals surface area contributed by atoms with E-state index in [2.05, 4.69) is 22.0 Å². The summed E-state index contributed by atoms with van der Waals surface area (Å²) in [6.45, 7) is 2.84. The molecule has 3 N–H and O–H groups in total. The average molecular weight is 463 g/mol. The molecular formula is C25H23FN4O2S. The largest absolute Gasteiger partial charge is 0.492 e. The summed E-state index contributed by atoms with van der Waals surface area (Å²) in [5, 5.41) is 18.2. The molecule has 0 heterocycles. The van der Waals surface area contributed by atoms with Crippen LogP contribution in [0.3, 0.4) is 0 Å². The Labute approximate surface area is 197 Å². The van der Waals surface area contributed by atoms with E-state index < -0.39 is 11.7 Å². The predicted molar refractivity (Wildman–Crippen MR) is 131 cm³/mol. The van der Waals surface area contributed by atoms with Crippen LogP contribution < -0.4 is 20.7 Å². The quantitative estimate of drug-likeness (QED) is 0.414. The van der Waals surface area contributed by atoms with Crippen LogP contribution in [0.1, 0.15) is 28.4 Å². The second kappa shape index (κ2) is 11.6. The molecule has 0 unspecified atom stereocenters. The molecule has 0 fully saturated rings. The summed E-state index contributed by atoms with van der Waals surface area (Å²) in [7, 11) is 0. The zero-order chi connectivity index (χ0) is 23.6. The maximum atomic E-state index is 13.9. The Hall–Kier alpha value is -3.96. The van der Waals surface area contributed by atoms with E-state index in [-0.39, 0.29) is 5.56 Å². The van der Waals surface area contributed by atoms with Crippen LogP contribution >= 0.6 is 12.2 Å². The Morgan fingerprint density at radius 2 is 1.85 bits per heavy atom. The van der Waals surface area contributed by atoms with Crippen LogP contribution in [0.5, 0.6) is 5.75 Å². The molecular weight excluding hydrogens is 439 g/mol. The van der Waals surface area contributed by atoms with E-state index >= 15 is 0 Å². The smallest absolute Gasteiger partial charge is 0.258 e. The first-order valence-corrected chi connectivity index (χ1v) is 10.8. The number of carbonyl (C=O) groups excluding carboxylic acids is 1. The molecule has 0 saturated carbocycles.